The zero-order valence-corrected chi connectivity index (χ0v) is 19.4. The lowest BCUT2D eigenvalue weighted by Gasteiger charge is -2.42. The van der Waals surface area contributed by atoms with Crippen LogP contribution in [0.4, 0.5) is 0 Å². The van der Waals surface area contributed by atoms with Crippen molar-refractivity contribution in [2.24, 2.45) is 0 Å². The summed E-state index contributed by atoms with van der Waals surface area (Å²) in [5.41, 5.74) is -0.566. The number of methoxy groups -OCH3 is 1. The molecule has 1 N–H and O–H groups in total. The van der Waals surface area contributed by atoms with Gasteiger partial charge in [-0.2, -0.15) is 0 Å². The molecule has 0 amide bonds. The van der Waals surface area contributed by atoms with E-state index in [-0.39, 0.29) is 11.3 Å². The van der Waals surface area contributed by atoms with Gasteiger partial charge in [-0.15, -0.1) is 0 Å². The second-order valence-corrected chi connectivity index (χ2v) is 8.48. The zero-order valence-electron chi connectivity index (χ0n) is 19.4. The summed E-state index contributed by atoms with van der Waals surface area (Å²) >= 11 is 0. The minimum Gasteiger partial charge on any atom is -0.466 e. The summed E-state index contributed by atoms with van der Waals surface area (Å²) in [5.74, 6) is -1.74. The van der Waals surface area contributed by atoms with Crippen LogP contribution in [0.15, 0.2) is 84.1 Å². The Labute approximate surface area is 203 Å². The maximum Gasteiger partial charge on any atom is 0.330 e. The molecule has 0 saturated heterocycles. The molecule has 1 saturated carbocycles. The van der Waals surface area contributed by atoms with Crippen molar-refractivity contribution in [3.8, 4) is 0 Å². The van der Waals surface area contributed by atoms with Gasteiger partial charge in [0.25, 0.3) is 0 Å². The molecule has 1 aliphatic heterocycles. The summed E-state index contributed by atoms with van der Waals surface area (Å²) < 4.78 is 4.73. The van der Waals surface area contributed by atoms with Crippen LogP contribution in [0, 0.1) is 0 Å². The van der Waals surface area contributed by atoms with Crippen molar-refractivity contribution in [2.75, 3.05) is 7.11 Å². The van der Waals surface area contributed by atoms with Crippen LogP contribution in [0.1, 0.15) is 52.8 Å². The second-order valence-electron chi connectivity index (χ2n) is 8.48. The van der Waals surface area contributed by atoms with E-state index in [0.29, 0.717) is 24.0 Å². The lowest BCUT2D eigenvalue weighted by Crippen LogP contribution is -2.53. The number of esters is 1. The van der Waals surface area contributed by atoms with Crippen molar-refractivity contribution in [1.82, 2.24) is 5.06 Å². The zero-order chi connectivity index (χ0) is 24.8. The van der Waals surface area contributed by atoms with Gasteiger partial charge < -0.3 is 9.57 Å². The van der Waals surface area contributed by atoms with Gasteiger partial charge in [0.05, 0.1) is 12.7 Å². The number of allylic oxidation sites excluding steroid dienone is 1. The fraction of sp³-hybridized carbons (Fsp3) is 0.296. The predicted molar refractivity (Wildman–Crippen MR) is 126 cm³/mol. The van der Waals surface area contributed by atoms with Crippen molar-refractivity contribution >= 4 is 17.5 Å². The molecule has 1 atom stereocenters. The fourth-order valence-electron chi connectivity index (χ4n) is 4.53. The number of benzene rings is 2. The highest BCUT2D eigenvalue weighted by molar-refractivity contribution is 6.18. The summed E-state index contributed by atoms with van der Waals surface area (Å²) in [6.07, 6.45) is 5.86. The molecular formula is C27H27NO7. The van der Waals surface area contributed by atoms with Gasteiger partial charge in [0.1, 0.15) is 6.04 Å². The topological polar surface area (TPSA) is 102 Å². The van der Waals surface area contributed by atoms with Crippen LogP contribution in [0.5, 0.6) is 0 Å². The first-order chi connectivity index (χ1) is 17.0. The van der Waals surface area contributed by atoms with Crippen molar-refractivity contribution in [1.29, 1.82) is 0 Å². The number of ketones is 2. The number of nitrogens with zero attached hydrogens (tertiary/aromatic N) is 1. The fourth-order valence-corrected chi connectivity index (χ4v) is 4.53. The summed E-state index contributed by atoms with van der Waals surface area (Å²) in [6, 6.07) is 16.0. The highest BCUT2D eigenvalue weighted by atomic mass is 17.1. The second kappa shape index (κ2) is 10.8. The lowest BCUT2D eigenvalue weighted by atomic mass is 9.88. The molecule has 35 heavy (non-hydrogen) atoms. The molecule has 0 radical (unpaired) electrons. The molecule has 8 nitrogen and oxygen atoms in total. The van der Waals surface area contributed by atoms with Gasteiger partial charge >= 0.3 is 5.97 Å². The first-order valence-corrected chi connectivity index (χ1v) is 11.5. The molecule has 0 spiro atoms. The number of Topliss-reactive ketones (excluding diaryl/α,β-unsaturated/α-hetero) is 2. The maximum atomic E-state index is 13.8. The van der Waals surface area contributed by atoms with Gasteiger partial charge in [-0.1, -0.05) is 78.2 Å². The van der Waals surface area contributed by atoms with Gasteiger partial charge in [0, 0.05) is 17.2 Å². The molecule has 4 rings (SSSR count). The van der Waals surface area contributed by atoms with Crippen molar-refractivity contribution in [3.05, 3.63) is 95.3 Å². The third kappa shape index (κ3) is 4.95. The number of hydrogen-bond donors (Lipinski definition) is 1. The minimum atomic E-state index is -1.30. The molecule has 2 aromatic carbocycles. The molecule has 1 fully saturated rings. The van der Waals surface area contributed by atoms with Gasteiger partial charge in [-0.3, -0.25) is 9.59 Å². The van der Waals surface area contributed by atoms with Crippen LogP contribution in [0.3, 0.4) is 0 Å². The molecule has 1 unspecified atom stereocenters. The van der Waals surface area contributed by atoms with Crippen LogP contribution < -0.4 is 0 Å². The van der Waals surface area contributed by atoms with Crippen molar-refractivity contribution in [3.63, 3.8) is 0 Å². The number of carbonyl (C=O) groups is 3. The molecule has 1 heterocycles. The number of rotatable bonds is 8. The number of ether oxygens (including phenoxy) is 1. The van der Waals surface area contributed by atoms with E-state index in [1.165, 1.54) is 24.3 Å². The average molecular weight is 478 g/mol. The lowest BCUT2D eigenvalue weighted by molar-refractivity contribution is -0.419. The van der Waals surface area contributed by atoms with Crippen molar-refractivity contribution < 1.29 is 34.1 Å². The molecule has 0 bridgehead atoms. The van der Waals surface area contributed by atoms with E-state index in [2.05, 4.69) is 0 Å². The quantitative estimate of drug-likeness (QED) is 0.195. The molecule has 8 heteroatoms. The van der Waals surface area contributed by atoms with Crippen LogP contribution in [-0.4, -0.2) is 46.7 Å². The first-order valence-electron chi connectivity index (χ1n) is 11.5. The van der Waals surface area contributed by atoms with Gasteiger partial charge in [0.2, 0.25) is 11.5 Å². The summed E-state index contributed by atoms with van der Waals surface area (Å²) in [6.45, 7) is 0. The number of hydroxylamine groups is 2. The van der Waals surface area contributed by atoms with Crippen LogP contribution in [0.25, 0.3) is 0 Å². The highest BCUT2D eigenvalue weighted by Crippen LogP contribution is 2.43. The van der Waals surface area contributed by atoms with E-state index >= 15 is 0 Å². The molecule has 1 aliphatic carbocycles. The molecule has 2 aliphatic rings. The van der Waals surface area contributed by atoms with E-state index in [0.717, 1.165) is 19.3 Å². The summed E-state index contributed by atoms with van der Waals surface area (Å²) in [4.78, 5) is 50.4. The SMILES string of the molecule is COC(=O)/C=C\C1C(C(=O)c2ccccc2)=C(C(=O)c2ccccc2)ON1C1(OO)CCCCC1. The third-order valence-electron chi connectivity index (χ3n) is 6.33. The monoisotopic (exact) mass is 477 g/mol. The molecular weight excluding hydrogens is 450 g/mol. The highest BCUT2D eigenvalue weighted by Gasteiger charge is 2.52. The Hall–Kier alpha value is -3.59. The first kappa shape index (κ1) is 24.5. The van der Waals surface area contributed by atoms with Gasteiger partial charge in [0.15, 0.2) is 11.5 Å². The van der Waals surface area contributed by atoms with Crippen LogP contribution in [0.2, 0.25) is 0 Å². The van der Waals surface area contributed by atoms with Gasteiger partial charge in [-0.05, 0) is 25.7 Å². The Kier molecular flexibility index (Phi) is 7.55. The van der Waals surface area contributed by atoms with Gasteiger partial charge in [-0.25, -0.2) is 14.9 Å². The smallest absolute Gasteiger partial charge is 0.330 e. The Morgan fingerprint density at radius 2 is 1.51 bits per heavy atom. The third-order valence-corrected chi connectivity index (χ3v) is 6.33. The minimum absolute atomic E-state index is 0.0483. The largest absolute Gasteiger partial charge is 0.466 e. The van der Waals surface area contributed by atoms with Crippen LogP contribution in [-0.2, 0) is 19.3 Å². The van der Waals surface area contributed by atoms with E-state index in [4.69, 9.17) is 14.5 Å². The van der Waals surface area contributed by atoms with E-state index in [1.807, 2.05) is 0 Å². The molecule has 0 aromatic heterocycles. The molecule has 2 aromatic rings. The number of hydrogen-bond acceptors (Lipinski definition) is 8. The Morgan fingerprint density at radius 3 is 2.06 bits per heavy atom. The van der Waals surface area contributed by atoms with E-state index in [1.54, 1.807) is 60.7 Å². The normalized spacial score (nSPS) is 20.0. The number of carbonyl (C=O) groups excluding carboxylic acids is 3. The standard InChI is InChI=1S/C27H27NO7/c1-33-22(29)16-15-21-23(24(30)19-11-5-2-6-12-19)26(25(31)20-13-7-3-8-14-20)34-28(21)27(35-32)17-9-4-10-18-27/h2-3,5-8,11-16,21,32H,4,9-10,17-18H2,1H3/b16-15-. The average Bonchev–Trinajstić information content (AvgIpc) is 3.32. The summed E-state index contributed by atoms with van der Waals surface area (Å²) in [7, 11) is 1.24. The predicted octanol–water partition coefficient (Wildman–Crippen LogP) is 4.50. The Bertz CT molecular complexity index is 1130. The Morgan fingerprint density at radius 1 is 0.943 bits per heavy atom. The summed E-state index contributed by atoms with van der Waals surface area (Å²) in [5, 5.41) is 11.3. The Balaban J connectivity index is 1.87. The maximum absolute atomic E-state index is 13.8. The molecule has 182 valence electrons. The van der Waals surface area contributed by atoms with Crippen molar-refractivity contribution in [2.45, 2.75) is 43.9 Å². The van der Waals surface area contributed by atoms with E-state index < -0.39 is 29.3 Å². The van der Waals surface area contributed by atoms with Crippen LogP contribution >= 0.6 is 0 Å². The van der Waals surface area contributed by atoms with E-state index in [9.17, 15) is 19.6 Å².